The second-order valence-electron chi connectivity index (χ2n) is 12.0. The molecule has 1 aliphatic heterocycles. The van der Waals surface area contributed by atoms with E-state index in [0.717, 1.165) is 12.8 Å². The third-order valence-electron chi connectivity index (χ3n) is 8.23. The normalized spacial score (nSPS) is 18.7. The number of nitrogens with zero attached hydrogens (tertiary/aromatic N) is 3. The van der Waals surface area contributed by atoms with Gasteiger partial charge in [-0.25, -0.2) is 4.39 Å². The first kappa shape index (κ1) is 32.1. The van der Waals surface area contributed by atoms with Crippen molar-refractivity contribution in [2.45, 2.75) is 71.2 Å². The van der Waals surface area contributed by atoms with Crippen molar-refractivity contribution in [2.75, 3.05) is 31.6 Å². The Balaban J connectivity index is 1.50. The van der Waals surface area contributed by atoms with Gasteiger partial charge in [0.15, 0.2) is 11.6 Å². The standard InChI is InChI=1S/C32H38Cl2FN5O4/c1-17(2)36-13-27(41)40-18(3)14-38(15-19(40)4)29-26(35)11-23-28(31(29)44-5)39(22-8-9-22)16-24(30(23)42)32(43)37-12-20-6-7-21(33)10-25(20)34/h6-7,10-11,16-19,22,36H,8-9,12-15H2,1-5H3,(H,37,43)/t18-,19+. The minimum atomic E-state index is -0.625. The number of amides is 2. The average Bonchev–Trinajstić information content (AvgIpc) is 3.80. The molecule has 0 spiro atoms. The summed E-state index contributed by atoms with van der Waals surface area (Å²) in [4.78, 5) is 43.8. The number of rotatable bonds is 9. The molecule has 3 aromatic rings. The van der Waals surface area contributed by atoms with Gasteiger partial charge in [0.25, 0.3) is 5.91 Å². The quantitative estimate of drug-likeness (QED) is 0.334. The minimum Gasteiger partial charge on any atom is -0.492 e. The molecular weight excluding hydrogens is 608 g/mol. The molecule has 44 heavy (non-hydrogen) atoms. The molecule has 0 unspecified atom stereocenters. The molecule has 2 aliphatic rings. The number of nitrogens with one attached hydrogen (secondary N) is 2. The highest BCUT2D eigenvalue weighted by Gasteiger charge is 2.37. The van der Waals surface area contributed by atoms with Gasteiger partial charge in [-0.1, -0.05) is 43.1 Å². The van der Waals surface area contributed by atoms with Gasteiger partial charge in [0.1, 0.15) is 11.3 Å². The van der Waals surface area contributed by atoms with Gasteiger partial charge < -0.3 is 29.7 Å². The van der Waals surface area contributed by atoms with Crippen LogP contribution in [0.1, 0.15) is 62.5 Å². The topological polar surface area (TPSA) is 95.9 Å². The number of halogens is 3. The van der Waals surface area contributed by atoms with Crippen molar-refractivity contribution in [1.29, 1.82) is 0 Å². The Bertz CT molecular complexity index is 1650. The highest BCUT2D eigenvalue weighted by Crippen LogP contribution is 2.44. The number of carbonyl (C=O) groups is 2. The summed E-state index contributed by atoms with van der Waals surface area (Å²) in [5.74, 6) is -0.975. The number of hydrogen-bond donors (Lipinski definition) is 2. The van der Waals surface area contributed by atoms with Crippen LogP contribution >= 0.6 is 23.2 Å². The van der Waals surface area contributed by atoms with Crippen molar-refractivity contribution < 1.29 is 18.7 Å². The molecule has 2 atom stereocenters. The number of aromatic nitrogens is 1. The first-order chi connectivity index (χ1) is 20.9. The first-order valence-corrected chi connectivity index (χ1v) is 15.6. The maximum absolute atomic E-state index is 16.1. The van der Waals surface area contributed by atoms with E-state index in [1.54, 1.807) is 24.4 Å². The Labute approximate surface area is 266 Å². The first-order valence-electron chi connectivity index (χ1n) is 14.9. The lowest BCUT2D eigenvalue weighted by atomic mass is 10.0. The molecule has 0 radical (unpaired) electrons. The Morgan fingerprint density at radius 3 is 2.39 bits per heavy atom. The molecule has 2 fully saturated rings. The molecule has 2 N–H and O–H groups in total. The maximum atomic E-state index is 16.1. The van der Waals surface area contributed by atoms with Gasteiger partial charge in [-0.2, -0.15) is 0 Å². The molecule has 0 bridgehead atoms. The van der Waals surface area contributed by atoms with Crippen LogP contribution in [0.15, 0.2) is 35.3 Å². The van der Waals surface area contributed by atoms with E-state index in [0.29, 0.717) is 34.2 Å². The van der Waals surface area contributed by atoms with Crippen LogP contribution in [-0.2, 0) is 11.3 Å². The number of carbonyl (C=O) groups excluding carboxylic acids is 2. The third-order valence-corrected chi connectivity index (χ3v) is 8.81. The minimum absolute atomic E-state index is 0.00369. The largest absolute Gasteiger partial charge is 0.492 e. The lowest BCUT2D eigenvalue weighted by molar-refractivity contribution is -0.135. The van der Waals surface area contributed by atoms with Gasteiger partial charge in [-0.15, -0.1) is 0 Å². The number of ether oxygens (including phenoxy) is 1. The molecule has 1 saturated carbocycles. The summed E-state index contributed by atoms with van der Waals surface area (Å²) in [6.45, 7) is 8.96. The van der Waals surface area contributed by atoms with Crippen molar-refractivity contribution in [3.8, 4) is 5.75 Å². The fourth-order valence-electron chi connectivity index (χ4n) is 6.05. The van der Waals surface area contributed by atoms with Gasteiger partial charge in [0, 0.05) is 60.0 Å². The average molecular weight is 647 g/mol. The van der Waals surface area contributed by atoms with Crippen LogP contribution < -0.4 is 25.7 Å². The van der Waals surface area contributed by atoms with Crippen LogP contribution in [0.4, 0.5) is 10.1 Å². The summed E-state index contributed by atoms with van der Waals surface area (Å²) >= 11 is 12.2. The Kier molecular flexibility index (Phi) is 9.44. The number of anilines is 1. The van der Waals surface area contributed by atoms with Crippen LogP contribution in [0.3, 0.4) is 0 Å². The lowest BCUT2D eigenvalue weighted by Gasteiger charge is -2.45. The lowest BCUT2D eigenvalue weighted by Crippen LogP contribution is -2.60. The molecule has 1 aromatic heterocycles. The van der Waals surface area contributed by atoms with Crippen molar-refractivity contribution >= 4 is 51.6 Å². The Morgan fingerprint density at radius 2 is 1.80 bits per heavy atom. The summed E-state index contributed by atoms with van der Waals surface area (Å²) in [5, 5.41) is 6.88. The Hall–Kier alpha value is -3.34. The van der Waals surface area contributed by atoms with E-state index in [9.17, 15) is 14.4 Å². The number of pyridine rings is 1. The van der Waals surface area contributed by atoms with Gasteiger partial charge in [-0.3, -0.25) is 14.4 Å². The summed E-state index contributed by atoms with van der Waals surface area (Å²) in [6, 6.07) is 6.01. The highest BCUT2D eigenvalue weighted by molar-refractivity contribution is 6.35. The number of fused-ring (bicyclic) bond motifs is 1. The van der Waals surface area contributed by atoms with E-state index < -0.39 is 17.2 Å². The van der Waals surface area contributed by atoms with E-state index in [1.807, 2.05) is 42.1 Å². The zero-order valence-electron chi connectivity index (χ0n) is 25.5. The summed E-state index contributed by atoms with van der Waals surface area (Å²) in [5.41, 5.74) is 0.665. The highest BCUT2D eigenvalue weighted by atomic mass is 35.5. The van der Waals surface area contributed by atoms with E-state index in [1.165, 1.54) is 13.2 Å². The SMILES string of the molecule is COc1c(N2C[C@@H](C)N(C(=O)CNC(C)C)[C@@H](C)C2)c(F)cc2c(=O)c(C(=O)NCc3ccc(Cl)cc3Cl)cn(C3CC3)c12. The van der Waals surface area contributed by atoms with Gasteiger partial charge in [0.2, 0.25) is 11.3 Å². The van der Waals surface area contributed by atoms with Crippen molar-refractivity contribution in [3.63, 3.8) is 0 Å². The zero-order valence-corrected chi connectivity index (χ0v) is 27.1. The van der Waals surface area contributed by atoms with Crippen LogP contribution in [0.25, 0.3) is 10.9 Å². The number of benzene rings is 2. The van der Waals surface area contributed by atoms with E-state index >= 15 is 4.39 Å². The fraction of sp³-hybridized carbons (Fsp3) is 0.469. The molecule has 9 nitrogen and oxygen atoms in total. The van der Waals surface area contributed by atoms with Crippen LogP contribution in [0.2, 0.25) is 10.0 Å². The molecule has 1 aliphatic carbocycles. The summed E-state index contributed by atoms with van der Waals surface area (Å²) in [7, 11) is 1.46. The van der Waals surface area contributed by atoms with Crippen molar-refractivity contribution in [2.24, 2.45) is 0 Å². The van der Waals surface area contributed by atoms with Gasteiger partial charge in [-0.05, 0) is 50.5 Å². The summed E-state index contributed by atoms with van der Waals surface area (Å²) in [6.07, 6.45) is 3.26. The molecule has 236 valence electrons. The smallest absolute Gasteiger partial charge is 0.257 e. The van der Waals surface area contributed by atoms with Crippen molar-refractivity contribution in [3.05, 3.63) is 67.7 Å². The zero-order chi connectivity index (χ0) is 31.9. The van der Waals surface area contributed by atoms with Gasteiger partial charge in [0.05, 0.1) is 24.6 Å². The summed E-state index contributed by atoms with van der Waals surface area (Å²) < 4.78 is 23.8. The van der Waals surface area contributed by atoms with E-state index in [4.69, 9.17) is 27.9 Å². The van der Waals surface area contributed by atoms with E-state index in [2.05, 4.69) is 10.6 Å². The molecule has 1 saturated heterocycles. The predicted octanol–water partition coefficient (Wildman–Crippen LogP) is 5.14. The number of methoxy groups -OCH3 is 1. The van der Waals surface area contributed by atoms with Crippen LogP contribution in [0, 0.1) is 5.82 Å². The molecule has 2 amide bonds. The van der Waals surface area contributed by atoms with Crippen LogP contribution in [0.5, 0.6) is 5.75 Å². The molecular formula is C32H38Cl2FN5O4. The number of piperazine rings is 1. The predicted molar refractivity (Wildman–Crippen MR) is 172 cm³/mol. The third kappa shape index (κ3) is 6.39. The molecule has 12 heteroatoms. The van der Waals surface area contributed by atoms with Gasteiger partial charge >= 0.3 is 0 Å². The fourth-order valence-corrected chi connectivity index (χ4v) is 6.52. The van der Waals surface area contributed by atoms with Crippen LogP contribution in [-0.4, -0.2) is 66.2 Å². The van der Waals surface area contributed by atoms with E-state index in [-0.39, 0.29) is 65.6 Å². The molecule has 2 heterocycles. The molecule has 2 aromatic carbocycles. The van der Waals surface area contributed by atoms with Crippen molar-refractivity contribution in [1.82, 2.24) is 20.1 Å². The molecule has 5 rings (SSSR count). The second-order valence-corrected chi connectivity index (χ2v) is 12.8. The monoisotopic (exact) mass is 645 g/mol. The maximum Gasteiger partial charge on any atom is 0.257 e. The Morgan fingerprint density at radius 1 is 1.11 bits per heavy atom. The number of hydrogen-bond acceptors (Lipinski definition) is 6. The second kappa shape index (κ2) is 12.9.